The molecule has 0 aliphatic heterocycles. The zero-order valence-corrected chi connectivity index (χ0v) is 15.8. The van der Waals surface area contributed by atoms with Crippen LogP contribution in [0.4, 0.5) is 0 Å². The summed E-state index contributed by atoms with van der Waals surface area (Å²) in [6.45, 7) is 6.23. The second-order valence-corrected chi connectivity index (χ2v) is 11.1. The molecule has 1 aliphatic carbocycles. The summed E-state index contributed by atoms with van der Waals surface area (Å²) < 4.78 is 28.0. The zero-order chi connectivity index (χ0) is 15.9. The van der Waals surface area contributed by atoms with Crippen molar-refractivity contribution in [2.45, 2.75) is 57.0 Å². The molecule has 0 amide bonds. The number of hydrogen-bond acceptors (Lipinski definition) is 4. The Hall–Kier alpha value is 0.0500. The summed E-state index contributed by atoms with van der Waals surface area (Å²) in [5, 5.41) is 10.6. The van der Waals surface area contributed by atoms with Crippen molar-refractivity contribution in [3.8, 4) is 0 Å². The molecular formula is C14H22BrNO3S2. The maximum absolute atomic E-state index is 12.3. The van der Waals surface area contributed by atoms with Crippen LogP contribution in [0.5, 0.6) is 0 Å². The van der Waals surface area contributed by atoms with Crippen LogP contribution in [0.25, 0.3) is 0 Å². The van der Waals surface area contributed by atoms with Crippen LogP contribution < -0.4 is 4.72 Å². The van der Waals surface area contributed by atoms with E-state index in [2.05, 4.69) is 34.5 Å². The van der Waals surface area contributed by atoms with Crippen molar-refractivity contribution in [3.05, 3.63) is 14.7 Å². The van der Waals surface area contributed by atoms with Gasteiger partial charge in [0.25, 0.3) is 0 Å². The summed E-state index contributed by atoms with van der Waals surface area (Å²) in [5.41, 5.74) is -0.691. The van der Waals surface area contributed by atoms with E-state index in [9.17, 15) is 13.5 Å². The first-order valence-electron chi connectivity index (χ1n) is 7.01. The molecule has 2 N–H and O–H groups in total. The van der Waals surface area contributed by atoms with Gasteiger partial charge in [-0.05, 0) is 60.0 Å². The normalized spacial score (nSPS) is 21.4. The van der Waals surface area contributed by atoms with Crippen LogP contribution in [-0.4, -0.2) is 25.7 Å². The molecule has 0 saturated heterocycles. The molecule has 1 fully saturated rings. The molecular weight excluding hydrogens is 374 g/mol. The van der Waals surface area contributed by atoms with E-state index in [1.165, 1.54) is 11.3 Å². The van der Waals surface area contributed by atoms with Crippen molar-refractivity contribution in [1.29, 1.82) is 0 Å². The number of hydrogen-bond donors (Lipinski definition) is 2. The van der Waals surface area contributed by atoms with Crippen LogP contribution in [0.2, 0.25) is 0 Å². The lowest BCUT2D eigenvalue weighted by atomic mass is 9.71. The Morgan fingerprint density at radius 1 is 1.33 bits per heavy atom. The molecule has 1 saturated carbocycles. The zero-order valence-electron chi connectivity index (χ0n) is 12.6. The lowest BCUT2D eigenvalue weighted by Gasteiger charge is -2.40. The number of halogens is 1. The fourth-order valence-electron chi connectivity index (χ4n) is 2.57. The first-order chi connectivity index (χ1) is 9.53. The molecule has 120 valence electrons. The average Bonchev–Trinajstić information content (AvgIpc) is 2.72. The molecule has 0 aromatic carbocycles. The molecule has 0 unspecified atom stereocenters. The predicted octanol–water partition coefficient (Wildman–Crippen LogP) is 3.43. The first kappa shape index (κ1) is 17.4. The van der Waals surface area contributed by atoms with E-state index >= 15 is 0 Å². The highest BCUT2D eigenvalue weighted by molar-refractivity contribution is 9.11. The van der Waals surface area contributed by atoms with Crippen LogP contribution in [0.15, 0.2) is 14.7 Å². The predicted molar refractivity (Wildman–Crippen MR) is 89.1 cm³/mol. The van der Waals surface area contributed by atoms with E-state index in [4.69, 9.17) is 0 Å². The van der Waals surface area contributed by atoms with Crippen LogP contribution in [-0.2, 0) is 10.0 Å². The van der Waals surface area contributed by atoms with Crippen LogP contribution in [0.3, 0.4) is 0 Å². The van der Waals surface area contributed by atoms with Gasteiger partial charge in [0.1, 0.15) is 0 Å². The van der Waals surface area contributed by atoms with E-state index in [0.717, 1.165) is 21.5 Å². The number of rotatable bonds is 4. The maximum atomic E-state index is 12.3. The standard InChI is InChI=1S/C14H22BrNO3S2/c1-10-11(8-12(15)20-10)21(18,19)16-9-14(17)6-4-13(2,3)5-7-14/h8,16-17H,4-7,9H2,1-3H3. The molecule has 0 bridgehead atoms. The Balaban J connectivity index is 2.04. The van der Waals surface area contributed by atoms with Crippen LogP contribution >= 0.6 is 27.3 Å². The quantitative estimate of drug-likeness (QED) is 0.820. The molecule has 7 heteroatoms. The minimum atomic E-state index is -3.57. The monoisotopic (exact) mass is 395 g/mol. The Bertz CT molecular complexity index is 612. The fourth-order valence-corrected chi connectivity index (χ4v) is 6.11. The van der Waals surface area contributed by atoms with Crippen molar-refractivity contribution >= 4 is 37.3 Å². The summed E-state index contributed by atoms with van der Waals surface area (Å²) in [7, 11) is -3.57. The third-order valence-electron chi connectivity index (χ3n) is 4.26. The van der Waals surface area contributed by atoms with Crippen LogP contribution in [0, 0.1) is 12.3 Å². The Labute approximate surface area is 139 Å². The van der Waals surface area contributed by atoms with Gasteiger partial charge in [-0.1, -0.05) is 13.8 Å². The highest BCUT2D eigenvalue weighted by atomic mass is 79.9. The van der Waals surface area contributed by atoms with E-state index < -0.39 is 15.6 Å². The van der Waals surface area contributed by atoms with Crippen molar-refractivity contribution in [1.82, 2.24) is 4.72 Å². The Kier molecular flexibility index (Phi) is 4.91. The molecule has 1 aromatic heterocycles. The van der Waals surface area contributed by atoms with Gasteiger partial charge in [-0.2, -0.15) is 0 Å². The SMILES string of the molecule is Cc1sc(Br)cc1S(=O)(=O)NCC1(O)CCC(C)(C)CC1. The van der Waals surface area contributed by atoms with Crippen molar-refractivity contribution in [3.63, 3.8) is 0 Å². The molecule has 0 radical (unpaired) electrons. The second kappa shape index (κ2) is 5.92. The fraction of sp³-hybridized carbons (Fsp3) is 0.714. The number of thiophene rings is 1. The summed E-state index contributed by atoms with van der Waals surface area (Å²) in [5.74, 6) is 0. The molecule has 1 aromatic rings. The number of aryl methyl sites for hydroxylation is 1. The molecule has 0 atom stereocenters. The van der Waals surface area contributed by atoms with Gasteiger partial charge < -0.3 is 5.11 Å². The molecule has 21 heavy (non-hydrogen) atoms. The van der Waals surface area contributed by atoms with E-state index in [-0.39, 0.29) is 12.0 Å². The Morgan fingerprint density at radius 2 is 1.90 bits per heavy atom. The number of nitrogens with one attached hydrogen (secondary N) is 1. The van der Waals surface area contributed by atoms with Crippen LogP contribution in [0.1, 0.15) is 44.4 Å². The Morgan fingerprint density at radius 3 is 2.38 bits per heavy atom. The molecule has 0 spiro atoms. The highest BCUT2D eigenvalue weighted by Crippen LogP contribution is 2.40. The van der Waals surface area contributed by atoms with Gasteiger partial charge >= 0.3 is 0 Å². The van der Waals surface area contributed by atoms with E-state index in [0.29, 0.717) is 17.7 Å². The van der Waals surface area contributed by atoms with Gasteiger partial charge in [0.15, 0.2) is 0 Å². The van der Waals surface area contributed by atoms with Gasteiger partial charge in [0, 0.05) is 11.4 Å². The summed E-state index contributed by atoms with van der Waals surface area (Å²) >= 11 is 4.69. The van der Waals surface area contributed by atoms with Crippen molar-refractivity contribution in [2.75, 3.05) is 6.54 Å². The second-order valence-electron chi connectivity index (χ2n) is 6.68. The molecule has 4 nitrogen and oxygen atoms in total. The topological polar surface area (TPSA) is 66.4 Å². The van der Waals surface area contributed by atoms with Gasteiger partial charge in [0.2, 0.25) is 10.0 Å². The van der Waals surface area contributed by atoms with Gasteiger partial charge in [0.05, 0.1) is 14.3 Å². The third kappa shape index (κ3) is 4.28. The van der Waals surface area contributed by atoms with Gasteiger partial charge in [-0.25, -0.2) is 13.1 Å². The van der Waals surface area contributed by atoms with E-state index in [1.54, 1.807) is 13.0 Å². The molecule has 1 aliphatic rings. The minimum absolute atomic E-state index is 0.0817. The number of sulfonamides is 1. The smallest absolute Gasteiger partial charge is 0.241 e. The largest absolute Gasteiger partial charge is 0.389 e. The third-order valence-corrected chi connectivity index (χ3v) is 7.47. The highest BCUT2D eigenvalue weighted by Gasteiger charge is 2.37. The average molecular weight is 396 g/mol. The summed E-state index contributed by atoms with van der Waals surface area (Å²) in [4.78, 5) is 1.03. The summed E-state index contributed by atoms with van der Waals surface area (Å²) in [6, 6.07) is 1.61. The molecule has 1 heterocycles. The van der Waals surface area contributed by atoms with E-state index in [1.807, 2.05) is 0 Å². The lowest BCUT2D eigenvalue weighted by molar-refractivity contribution is -0.0205. The first-order valence-corrected chi connectivity index (χ1v) is 10.1. The maximum Gasteiger partial charge on any atom is 0.241 e. The van der Waals surface area contributed by atoms with Crippen molar-refractivity contribution < 1.29 is 13.5 Å². The van der Waals surface area contributed by atoms with Crippen molar-refractivity contribution in [2.24, 2.45) is 5.41 Å². The lowest BCUT2D eigenvalue weighted by Crippen LogP contribution is -2.46. The summed E-state index contributed by atoms with van der Waals surface area (Å²) in [6.07, 6.45) is 3.09. The van der Waals surface area contributed by atoms with Gasteiger partial charge in [-0.3, -0.25) is 0 Å². The number of aliphatic hydroxyl groups is 1. The minimum Gasteiger partial charge on any atom is -0.389 e. The molecule has 2 rings (SSSR count). The van der Waals surface area contributed by atoms with Gasteiger partial charge in [-0.15, -0.1) is 11.3 Å².